The van der Waals surface area contributed by atoms with Crippen molar-refractivity contribution in [3.05, 3.63) is 66.6 Å². The number of benzene rings is 2. The summed E-state index contributed by atoms with van der Waals surface area (Å²) < 4.78 is 13.1. The van der Waals surface area contributed by atoms with Crippen molar-refractivity contribution >= 4 is 22.8 Å². The van der Waals surface area contributed by atoms with Crippen LogP contribution < -0.4 is 10.5 Å². The van der Waals surface area contributed by atoms with Crippen molar-refractivity contribution < 1.29 is 14.3 Å². The fourth-order valence-corrected chi connectivity index (χ4v) is 3.56. The molecule has 0 atom stereocenters. The Kier molecular flexibility index (Phi) is 5.57. The minimum absolute atomic E-state index is 0.162. The number of hydrogen-bond acceptors (Lipinski definition) is 6. The molecule has 0 saturated carbocycles. The number of fused-ring (bicyclic) bond motifs is 1. The quantitative estimate of drug-likeness (QED) is 0.426. The number of hydrogen-bond donors (Lipinski definition) is 1. The Morgan fingerprint density at radius 1 is 1.06 bits per heavy atom. The van der Waals surface area contributed by atoms with Crippen molar-refractivity contribution in [2.24, 2.45) is 0 Å². The molecule has 0 aliphatic heterocycles. The van der Waals surface area contributed by atoms with E-state index in [0.29, 0.717) is 29.5 Å². The van der Waals surface area contributed by atoms with Crippen LogP contribution in [0.3, 0.4) is 0 Å². The molecule has 0 aliphatic rings. The van der Waals surface area contributed by atoms with E-state index >= 15 is 0 Å². The third-order valence-corrected chi connectivity index (χ3v) is 5.08. The van der Waals surface area contributed by atoms with Gasteiger partial charge in [0.15, 0.2) is 0 Å². The highest BCUT2D eigenvalue weighted by Gasteiger charge is 2.22. The zero-order chi connectivity index (χ0) is 22.9. The van der Waals surface area contributed by atoms with Gasteiger partial charge in [-0.3, -0.25) is 0 Å². The molecule has 2 N–H and O–H groups in total. The van der Waals surface area contributed by atoms with Crippen LogP contribution >= 0.6 is 0 Å². The molecule has 7 heteroatoms. The molecule has 2 aromatic heterocycles. The van der Waals surface area contributed by atoms with Crippen molar-refractivity contribution in [1.29, 1.82) is 0 Å². The highest BCUT2D eigenvalue weighted by atomic mass is 16.5. The molecule has 4 aromatic rings. The highest BCUT2D eigenvalue weighted by Crippen LogP contribution is 2.36. The van der Waals surface area contributed by atoms with Crippen molar-refractivity contribution in [2.45, 2.75) is 33.2 Å². The molecule has 0 amide bonds. The first-order valence-corrected chi connectivity index (χ1v) is 10.5. The minimum Gasteiger partial charge on any atom is -0.462 e. The third-order valence-electron chi connectivity index (χ3n) is 5.08. The maximum atomic E-state index is 12.0. The van der Waals surface area contributed by atoms with Crippen LogP contribution in [0.2, 0.25) is 0 Å². The summed E-state index contributed by atoms with van der Waals surface area (Å²) in [7, 11) is 0. The summed E-state index contributed by atoms with van der Waals surface area (Å²) in [5, 5.41) is 0.832. The summed E-state index contributed by atoms with van der Waals surface area (Å²) >= 11 is 0. The fourth-order valence-electron chi connectivity index (χ4n) is 3.56. The summed E-state index contributed by atoms with van der Waals surface area (Å²) in [5.74, 6) is 1.29. The molecule has 0 spiro atoms. The molecule has 7 nitrogen and oxygen atoms in total. The molecule has 0 bridgehead atoms. The second-order valence-electron chi connectivity index (χ2n) is 8.42. The van der Waals surface area contributed by atoms with Gasteiger partial charge in [0, 0.05) is 17.3 Å². The first-order chi connectivity index (χ1) is 15.3. The lowest BCUT2D eigenvalue weighted by Gasteiger charge is -2.21. The predicted octanol–water partition coefficient (Wildman–Crippen LogP) is 5.40. The molecule has 4 rings (SSSR count). The number of carbonyl (C=O) groups is 1. The number of esters is 1. The smallest absolute Gasteiger partial charge is 0.338 e. The van der Waals surface area contributed by atoms with E-state index in [1.54, 1.807) is 31.2 Å². The van der Waals surface area contributed by atoms with E-state index < -0.39 is 0 Å². The normalized spacial score (nSPS) is 11.5. The molecular formula is C25H26N4O3. The Morgan fingerprint density at radius 3 is 2.50 bits per heavy atom. The Hall–Kier alpha value is -3.87. The van der Waals surface area contributed by atoms with Crippen molar-refractivity contribution in [2.75, 3.05) is 12.3 Å². The Balaban J connectivity index is 1.65. The van der Waals surface area contributed by atoms with Crippen molar-refractivity contribution in [1.82, 2.24) is 14.5 Å². The van der Waals surface area contributed by atoms with Gasteiger partial charge in [0.2, 0.25) is 0 Å². The number of ether oxygens (including phenoxy) is 2. The van der Waals surface area contributed by atoms with Crippen molar-refractivity contribution in [3.8, 4) is 22.6 Å². The molecule has 32 heavy (non-hydrogen) atoms. The van der Waals surface area contributed by atoms with E-state index in [-0.39, 0.29) is 11.5 Å². The van der Waals surface area contributed by atoms with E-state index in [1.165, 1.54) is 6.33 Å². The predicted molar refractivity (Wildman–Crippen MR) is 125 cm³/mol. The monoisotopic (exact) mass is 430 g/mol. The van der Waals surface area contributed by atoms with Gasteiger partial charge < -0.3 is 19.8 Å². The van der Waals surface area contributed by atoms with Crippen LogP contribution in [0.25, 0.3) is 22.2 Å². The van der Waals surface area contributed by atoms with E-state index in [0.717, 1.165) is 22.2 Å². The maximum absolute atomic E-state index is 12.0. The number of carbonyl (C=O) groups excluding carboxylic acids is 1. The number of aromatic nitrogens is 3. The van der Waals surface area contributed by atoms with Crippen LogP contribution in [0.5, 0.6) is 11.5 Å². The van der Waals surface area contributed by atoms with E-state index in [1.807, 2.05) is 24.3 Å². The van der Waals surface area contributed by atoms with Gasteiger partial charge in [0.1, 0.15) is 29.3 Å². The van der Waals surface area contributed by atoms with Gasteiger partial charge in [0.25, 0.3) is 0 Å². The van der Waals surface area contributed by atoms with Crippen LogP contribution in [0, 0.1) is 0 Å². The summed E-state index contributed by atoms with van der Waals surface area (Å²) in [6.45, 7) is 8.46. The first-order valence-electron chi connectivity index (χ1n) is 10.5. The van der Waals surface area contributed by atoms with Crippen LogP contribution in [0.1, 0.15) is 38.1 Å². The standard InChI is InChI=1S/C25H26N4O3/c1-5-31-24(30)17-7-6-8-19(13-17)32-18-11-9-16(10-12-18)20-14-29(25(2,3)4)23-21(20)22(26)27-15-28-23/h6-15H,5H2,1-4H3,(H2,26,27,28). The van der Waals surface area contributed by atoms with E-state index in [4.69, 9.17) is 15.2 Å². The number of nitrogen functional groups attached to an aromatic ring is 1. The van der Waals surface area contributed by atoms with Crippen LogP contribution in [-0.4, -0.2) is 27.1 Å². The van der Waals surface area contributed by atoms with Gasteiger partial charge in [-0.2, -0.15) is 0 Å². The molecule has 0 aliphatic carbocycles. The largest absolute Gasteiger partial charge is 0.462 e. The van der Waals surface area contributed by atoms with Gasteiger partial charge >= 0.3 is 5.97 Å². The lowest BCUT2D eigenvalue weighted by Crippen LogP contribution is -2.21. The van der Waals surface area contributed by atoms with Crippen LogP contribution in [0.15, 0.2) is 61.1 Å². The second kappa shape index (κ2) is 8.34. The third kappa shape index (κ3) is 4.14. The van der Waals surface area contributed by atoms with Gasteiger partial charge in [0.05, 0.1) is 17.6 Å². The molecule has 2 aromatic carbocycles. The van der Waals surface area contributed by atoms with Gasteiger partial charge in [-0.1, -0.05) is 18.2 Å². The lowest BCUT2D eigenvalue weighted by atomic mass is 10.1. The van der Waals surface area contributed by atoms with Crippen LogP contribution in [-0.2, 0) is 10.3 Å². The topological polar surface area (TPSA) is 92.3 Å². The zero-order valence-electron chi connectivity index (χ0n) is 18.6. The summed E-state index contributed by atoms with van der Waals surface area (Å²) in [5.41, 5.74) is 9.25. The van der Waals surface area contributed by atoms with Gasteiger partial charge in [-0.05, 0) is 63.6 Å². The molecule has 164 valence electrons. The van der Waals surface area contributed by atoms with Gasteiger partial charge in [-0.15, -0.1) is 0 Å². The molecule has 0 radical (unpaired) electrons. The number of rotatable bonds is 5. The summed E-state index contributed by atoms with van der Waals surface area (Å²) in [6.07, 6.45) is 3.55. The zero-order valence-corrected chi connectivity index (χ0v) is 18.6. The highest BCUT2D eigenvalue weighted by molar-refractivity contribution is 6.00. The SMILES string of the molecule is CCOC(=O)c1cccc(Oc2ccc(-c3cn(C(C)(C)C)c4ncnc(N)c34)cc2)c1. The Labute approximate surface area is 186 Å². The molecule has 0 unspecified atom stereocenters. The average Bonchev–Trinajstić information content (AvgIpc) is 3.16. The minimum atomic E-state index is -0.372. The average molecular weight is 431 g/mol. The van der Waals surface area contributed by atoms with Gasteiger partial charge in [-0.25, -0.2) is 14.8 Å². The van der Waals surface area contributed by atoms with Crippen molar-refractivity contribution in [3.63, 3.8) is 0 Å². The Morgan fingerprint density at radius 2 is 1.81 bits per heavy atom. The number of anilines is 1. The van der Waals surface area contributed by atoms with E-state index in [9.17, 15) is 4.79 Å². The molecule has 2 heterocycles. The molecule has 0 saturated heterocycles. The van der Waals surface area contributed by atoms with E-state index in [2.05, 4.69) is 41.5 Å². The molecular weight excluding hydrogens is 404 g/mol. The lowest BCUT2D eigenvalue weighted by molar-refractivity contribution is 0.0526. The first kappa shape index (κ1) is 21.4. The molecule has 0 fully saturated rings. The summed E-state index contributed by atoms with van der Waals surface area (Å²) in [4.78, 5) is 20.6. The second-order valence-corrected chi connectivity index (χ2v) is 8.42. The summed E-state index contributed by atoms with van der Waals surface area (Å²) in [6, 6.07) is 14.6. The number of nitrogens with two attached hydrogens (primary N) is 1. The maximum Gasteiger partial charge on any atom is 0.338 e. The number of nitrogens with zero attached hydrogens (tertiary/aromatic N) is 3. The van der Waals surface area contributed by atoms with Crippen LogP contribution in [0.4, 0.5) is 5.82 Å². The fraction of sp³-hybridized carbons (Fsp3) is 0.240. The Bertz CT molecular complexity index is 1270.